The molecular weight excluding hydrogens is 368 g/mol. The number of hydrogen-bond acceptors (Lipinski definition) is 7. The lowest BCUT2D eigenvalue weighted by Crippen LogP contribution is -2.21. The minimum absolute atomic E-state index is 0.0155. The van der Waals surface area contributed by atoms with Gasteiger partial charge in [0.2, 0.25) is 5.91 Å². The van der Waals surface area contributed by atoms with E-state index in [1.807, 2.05) is 19.9 Å². The van der Waals surface area contributed by atoms with E-state index in [2.05, 4.69) is 20.6 Å². The number of esters is 1. The molecule has 0 aliphatic rings. The third-order valence-electron chi connectivity index (χ3n) is 3.13. The van der Waals surface area contributed by atoms with Gasteiger partial charge in [-0.3, -0.25) is 14.4 Å². The van der Waals surface area contributed by atoms with Gasteiger partial charge in [-0.2, -0.15) is 0 Å². The molecule has 0 fully saturated rings. The molecule has 1 heterocycles. The summed E-state index contributed by atoms with van der Waals surface area (Å²) >= 11 is 1.16. The van der Waals surface area contributed by atoms with Crippen molar-refractivity contribution in [3.63, 3.8) is 0 Å². The lowest BCUT2D eigenvalue weighted by Gasteiger charge is -2.08. The van der Waals surface area contributed by atoms with Crippen LogP contribution < -0.4 is 10.6 Å². The molecule has 0 bridgehead atoms. The van der Waals surface area contributed by atoms with Crippen molar-refractivity contribution in [2.75, 3.05) is 23.0 Å². The number of aryl methyl sites for hydroxylation is 2. The third kappa shape index (κ3) is 7.45. The van der Waals surface area contributed by atoms with Gasteiger partial charge in [0.15, 0.2) is 11.8 Å². The summed E-state index contributed by atoms with van der Waals surface area (Å²) in [5, 5.41) is 5.73. The van der Waals surface area contributed by atoms with Crippen LogP contribution in [0, 0.1) is 13.8 Å². The van der Waals surface area contributed by atoms with Crippen molar-refractivity contribution in [1.82, 2.24) is 9.97 Å². The van der Waals surface area contributed by atoms with Gasteiger partial charge < -0.3 is 15.4 Å². The maximum Gasteiger partial charge on any atom is 0.316 e. The molecule has 0 radical (unpaired) electrons. The lowest BCUT2D eigenvalue weighted by molar-refractivity contribution is -0.144. The van der Waals surface area contributed by atoms with Crippen LogP contribution in [0.5, 0.6) is 0 Å². The Morgan fingerprint density at radius 2 is 1.56 bits per heavy atom. The van der Waals surface area contributed by atoms with Gasteiger partial charge in [0.1, 0.15) is 0 Å². The Balaban J connectivity index is 1.74. The predicted molar refractivity (Wildman–Crippen MR) is 103 cm³/mol. The number of nitrogens with zero attached hydrogens (tertiary/aromatic N) is 2. The monoisotopic (exact) mass is 388 g/mol. The summed E-state index contributed by atoms with van der Waals surface area (Å²) in [6, 6.07) is 8.43. The second-order valence-corrected chi connectivity index (χ2v) is 6.63. The van der Waals surface area contributed by atoms with Gasteiger partial charge in [0.25, 0.3) is 5.91 Å². The molecule has 0 spiro atoms. The molecule has 2 rings (SSSR count). The average Bonchev–Trinajstić information content (AvgIpc) is 2.58. The fourth-order valence-corrected chi connectivity index (χ4v) is 2.85. The Hall–Kier alpha value is -2.94. The van der Waals surface area contributed by atoms with Crippen LogP contribution in [-0.4, -0.2) is 40.1 Å². The van der Waals surface area contributed by atoms with Gasteiger partial charge >= 0.3 is 5.97 Å². The van der Waals surface area contributed by atoms with E-state index in [4.69, 9.17) is 4.74 Å². The van der Waals surface area contributed by atoms with Crippen LogP contribution in [-0.2, 0) is 19.1 Å². The molecule has 142 valence electrons. The molecule has 0 atom stereocenters. The molecule has 0 saturated heterocycles. The largest absolute Gasteiger partial charge is 0.455 e. The molecule has 27 heavy (non-hydrogen) atoms. The number of nitrogens with one attached hydrogen (secondary N) is 2. The number of thioether (sulfide) groups is 1. The number of carbonyl (C=O) groups is 3. The SMILES string of the molecule is CC(=O)Nc1ccc(NC(=O)COC(=O)CSc2nc(C)cc(C)n2)cc1. The van der Waals surface area contributed by atoms with E-state index in [-0.39, 0.29) is 18.3 Å². The van der Waals surface area contributed by atoms with Crippen molar-refractivity contribution in [3.8, 4) is 0 Å². The molecule has 1 aromatic heterocycles. The molecule has 8 nitrogen and oxygen atoms in total. The van der Waals surface area contributed by atoms with Crippen molar-refractivity contribution < 1.29 is 19.1 Å². The zero-order chi connectivity index (χ0) is 19.8. The highest BCUT2D eigenvalue weighted by atomic mass is 32.2. The van der Waals surface area contributed by atoms with E-state index >= 15 is 0 Å². The molecular formula is C18H20N4O4S. The van der Waals surface area contributed by atoms with E-state index in [9.17, 15) is 14.4 Å². The fraction of sp³-hybridized carbons (Fsp3) is 0.278. The van der Waals surface area contributed by atoms with Crippen LogP contribution in [0.1, 0.15) is 18.3 Å². The highest BCUT2D eigenvalue weighted by Gasteiger charge is 2.10. The van der Waals surface area contributed by atoms with E-state index in [1.165, 1.54) is 6.92 Å². The first-order valence-electron chi connectivity index (χ1n) is 8.10. The molecule has 9 heteroatoms. The van der Waals surface area contributed by atoms with Crippen molar-refractivity contribution in [2.24, 2.45) is 0 Å². The maximum atomic E-state index is 11.9. The zero-order valence-corrected chi connectivity index (χ0v) is 16.1. The normalized spacial score (nSPS) is 10.2. The number of ether oxygens (including phenoxy) is 1. The van der Waals surface area contributed by atoms with Crippen LogP contribution in [0.4, 0.5) is 11.4 Å². The van der Waals surface area contributed by atoms with Crippen LogP contribution in [0.15, 0.2) is 35.5 Å². The van der Waals surface area contributed by atoms with Gasteiger partial charge in [-0.05, 0) is 44.2 Å². The van der Waals surface area contributed by atoms with E-state index < -0.39 is 11.9 Å². The summed E-state index contributed by atoms with van der Waals surface area (Å²) in [6.45, 7) is 4.73. The van der Waals surface area contributed by atoms with Crippen LogP contribution in [0.2, 0.25) is 0 Å². The van der Waals surface area contributed by atoms with Gasteiger partial charge in [0.05, 0.1) is 5.75 Å². The quantitative estimate of drug-likeness (QED) is 0.425. The van der Waals surface area contributed by atoms with Crippen LogP contribution >= 0.6 is 11.8 Å². The first-order valence-corrected chi connectivity index (χ1v) is 9.08. The second-order valence-electron chi connectivity index (χ2n) is 5.69. The van der Waals surface area contributed by atoms with Crippen molar-refractivity contribution >= 4 is 40.9 Å². The first kappa shape index (κ1) is 20.4. The van der Waals surface area contributed by atoms with Gasteiger partial charge in [-0.25, -0.2) is 9.97 Å². The summed E-state index contributed by atoms with van der Waals surface area (Å²) < 4.78 is 4.95. The molecule has 2 N–H and O–H groups in total. The number of anilines is 2. The molecule has 0 aliphatic heterocycles. The summed E-state index contributed by atoms with van der Waals surface area (Å²) in [4.78, 5) is 43.0. The van der Waals surface area contributed by atoms with Crippen molar-refractivity contribution in [1.29, 1.82) is 0 Å². The topological polar surface area (TPSA) is 110 Å². The van der Waals surface area contributed by atoms with Gasteiger partial charge in [-0.1, -0.05) is 11.8 Å². The van der Waals surface area contributed by atoms with E-state index in [0.29, 0.717) is 16.5 Å². The Kier molecular flexibility index (Phi) is 7.30. The van der Waals surface area contributed by atoms with Gasteiger partial charge in [0, 0.05) is 29.7 Å². The molecule has 2 aromatic rings. The first-order chi connectivity index (χ1) is 12.8. The highest BCUT2D eigenvalue weighted by molar-refractivity contribution is 7.99. The number of aromatic nitrogens is 2. The smallest absolute Gasteiger partial charge is 0.316 e. The van der Waals surface area contributed by atoms with E-state index in [1.54, 1.807) is 24.3 Å². The average molecular weight is 388 g/mol. The molecule has 0 unspecified atom stereocenters. The summed E-state index contributed by atoms with van der Waals surface area (Å²) in [7, 11) is 0. The Morgan fingerprint density at radius 3 is 2.11 bits per heavy atom. The standard InChI is InChI=1S/C18H20N4O4S/c1-11-8-12(2)20-18(19-11)27-10-17(25)26-9-16(24)22-15-6-4-14(5-7-15)21-13(3)23/h4-8H,9-10H2,1-3H3,(H,21,23)(H,22,24). The number of hydrogen-bond donors (Lipinski definition) is 2. The van der Waals surface area contributed by atoms with E-state index in [0.717, 1.165) is 23.1 Å². The number of amides is 2. The summed E-state index contributed by atoms with van der Waals surface area (Å²) in [5.74, 6) is -1.15. The highest BCUT2D eigenvalue weighted by Crippen LogP contribution is 2.15. The number of rotatable bonds is 7. The van der Waals surface area contributed by atoms with Crippen molar-refractivity contribution in [3.05, 3.63) is 41.7 Å². The predicted octanol–water partition coefficient (Wildman–Crippen LogP) is 2.33. The number of benzene rings is 1. The lowest BCUT2D eigenvalue weighted by atomic mass is 10.2. The van der Waals surface area contributed by atoms with Crippen LogP contribution in [0.3, 0.4) is 0 Å². The zero-order valence-electron chi connectivity index (χ0n) is 15.2. The van der Waals surface area contributed by atoms with Gasteiger partial charge in [-0.15, -0.1) is 0 Å². The Labute approximate surface area is 161 Å². The minimum atomic E-state index is -0.529. The Morgan fingerprint density at radius 1 is 1.00 bits per heavy atom. The second kappa shape index (κ2) is 9.67. The minimum Gasteiger partial charge on any atom is -0.455 e. The number of carbonyl (C=O) groups excluding carboxylic acids is 3. The summed E-state index contributed by atoms with van der Waals surface area (Å²) in [5.41, 5.74) is 2.80. The molecule has 1 aromatic carbocycles. The maximum absolute atomic E-state index is 11.9. The molecule has 0 saturated carbocycles. The summed E-state index contributed by atoms with van der Waals surface area (Å²) in [6.07, 6.45) is 0. The van der Waals surface area contributed by atoms with Crippen LogP contribution in [0.25, 0.3) is 0 Å². The Bertz CT molecular complexity index is 820. The third-order valence-corrected chi connectivity index (χ3v) is 3.95. The van der Waals surface area contributed by atoms with Crippen molar-refractivity contribution in [2.45, 2.75) is 25.9 Å². The molecule has 2 amide bonds. The molecule has 0 aliphatic carbocycles. The fourth-order valence-electron chi connectivity index (χ4n) is 2.11.